The van der Waals surface area contributed by atoms with E-state index in [4.69, 9.17) is 10.8 Å². The summed E-state index contributed by atoms with van der Waals surface area (Å²) in [6, 6.07) is 0.135. The predicted octanol–water partition coefficient (Wildman–Crippen LogP) is 0.692. The minimum Gasteiger partial charge on any atom is -0.480 e. The maximum Gasteiger partial charge on any atom is 0.325 e. The zero-order valence-electron chi connectivity index (χ0n) is 9.09. The van der Waals surface area contributed by atoms with E-state index in [9.17, 15) is 4.79 Å². The lowest BCUT2D eigenvalue weighted by Gasteiger charge is -2.24. The Labute approximate surface area is 97.9 Å². The van der Waals surface area contributed by atoms with Gasteiger partial charge in [0.2, 0.25) is 0 Å². The molecular formula is C10H15N3O2S. The minimum atomic E-state index is -1.09. The van der Waals surface area contributed by atoms with Gasteiger partial charge in [-0.25, -0.2) is 4.98 Å². The average Bonchev–Trinajstić information content (AvgIpc) is 2.85. The van der Waals surface area contributed by atoms with E-state index in [1.54, 1.807) is 16.8 Å². The first-order valence-corrected chi connectivity index (χ1v) is 6.11. The van der Waals surface area contributed by atoms with Crippen molar-refractivity contribution in [2.75, 3.05) is 13.1 Å². The summed E-state index contributed by atoms with van der Waals surface area (Å²) >= 11 is 1.55. The molecule has 2 atom stereocenters. The van der Waals surface area contributed by atoms with Crippen LogP contribution in [0.2, 0.25) is 0 Å². The number of aromatic nitrogens is 1. The number of thiazole rings is 1. The highest BCUT2D eigenvalue weighted by molar-refractivity contribution is 7.07. The molecule has 0 saturated carbocycles. The lowest BCUT2D eigenvalue weighted by atomic mass is 10.0. The number of aliphatic carboxylic acids is 1. The van der Waals surface area contributed by atoms with Gasteiger partial charge in [0, 0.05) is 18.5 Å². The molecule has 2 heterocycles. The van der Waals surface area contributed by atoms with Crippen LogP contribution in [-0.4, -0.2) is 39.6 Å². The first-order valence-electron chi connectivity index (χ1n) is 5.17. The number of hydrogen-bond donors (Lipinski definition) is 2. The smallest absolute Gasteiger partial charge is 0.325 e. The summed E-state index contributed by atoms with van der Waals surface area (Å²) in [5.41, 5.74) is 7.50. The number of nitrogens with two attached hydrogens (primary N) is 1. The van der Waals surface area contributed by atoms with Gasteiger partial charge < -0.3 is 10.8 Å². The molecule has 1 aromatic heterocycles. The van der Waals surface area contributed by atoms with Crippen molar-refractivity contribution in [3.8, 4) is 0 Å². The third-order valence-electron chi connectivity index (χ3n) is 3.18. The summed E-state index contributed by atoms with van der Waals surface area (Å²) in [5, 5.41) is 11.0. The molecule has 1 saturated heterocycles. The molecule has 0 bridgehead atoms. The van der Waals surface area contributed by atoms with Gasteiger partial charge in [0.25, 0.3) is 0 Å². The lowest BCUT2D eigenvalue weighted by molar-refractivity contribution is -0.142. The quantitative estimate of drug-likeness (QED) is 0.814. The zero-order valence-corrected chi connectivity index (χ0v) is 9.91. The van der Waals surface area contributed by atoms with E-state index in [-0.39, 0.29) is 6.04 Å². The second kappa shape index (κ2) is 4.12. The molecule has 2 unspecified atom stereocenters. The van der Waals surface area contributed by atoms with Gasteiger partial charge in [0.1, 0.15) is 5.54 Å². The molecule has 2 rings (SSSR count). The summed E-state index contributed by atoms with van der Waals surface area (Å²) in [4.78, 5) is 17.3. The monoisotopic (exact) mass is 241 g/mol. The van der Waals surface area contributed by atoms with Crippen molar-refractivity contribution in [2.45, 2.75) is 24.9 Å². The number of carboxylic acids is 1. The third kappa shape index (κ3) is 1.95. The highest BCUT2D eigenvalue weighted by Crippen LogP contribution is 2.28. The maximum absolute atomic E-state index is 11.0. The molecule has 88 valence electrons. The van der Waals surface area contributed by atoms with E-state index in [2.05, 4.69) is 9.88 Å². The zero-order chi connectivity index (χ0) is 11.8. The Morgan fingerprint density at radius 3 is 3.06 bits per heavy atom. The molecule has 0 spiro atoms. The molecule has 1 aromatic rings. The Morgan fingerprint density at radius 1 is 1.81 bits per heavy atom. The number of carboxylic acid groups (broad SMARTS) is 1. The highest BCUT2D eigenvalue weighted by Gasteiger charge is 2.42. The number of hydrogen-bond acceptors (Lipinski definition) is 5. The second-order valence-corrected chi connectivity index (χ2v) is 4.99. The largest absolute Gasteiger partial charge is 0.480 e. The summed E-state index contributed by atoms with van der Waals surface area (Å²) in [7, 11) is 0. The number of rotatable bonds is 3. The predicted molar refractivity (Wildman–Crippen MR) is 61.3 cm³/mol. The minimum absolute atomic E-state index is 0.135. The highest BCUT2D eigenvalue weighted by atomic mass is 32.1. The Morgan fingerprint density at radius 2 is 2.56 bits per heavy atom. The summed E-state index contributed by atoms with van der Waals surface area (Å²) < 4.78 is 0. The normalized spacial score (nSPS) is 28.1. The standard InChI is InChI=1S/C10H15N3O2S/c1-7(8-4-16-6-12-8)13-3-2-10(11,5-13)9(14)15/h4,6-7H,2-3,5,11H2,1H3,(H,14,15). The van der Waals surface area contributed by atoms with Gasteiger partial charge in [-0.3, -0.25) is 9.69 Å². The van der Waals surface area contributed by atoms with Crippen LogP contribution in [0.4, 0.5) is 0 Å². The van der Waals surface area contributed by atoms with E-state index >= 15 is 0 Å². The van der Waals surface area contributed by atoms with Crippen LogP contribution in [0.15, 0.2) is 10.9 Å². The average molecular weight is 241 g/mol. The molecule has 5 nitrogen and oxygen atoms in total. The number of nitrogens with zero attached hydrogens (tertiary/aromatic N) is 2. The molecule has 6 heteroatoms. The van der Waals surface area contributed by atoms with Gasteiger partial charge in [-0.2, -0.15) is 0 Å². The van der Waals surface area contributed by atoms with Crippen molar-refractivity contribution in [3.63, 3.8) is 0 Å². The summed E-state index contributed by atoms with van der Waals surface area (Å²) in [6.07, 6.45) is 0.497. The first kappa shape index (κ1) is 11.5. The molecule has 0 aromatic carbocycles. The first-order chi connectivity index (χ1) is 7.53. The Bertz CT molecular complexity index is 381. The van der Waals surface area contributed by atoms with Gasteiger partial charge in [0.05, 0.1) is 17.2 Å². The van der Waals surface area contributed by atoms with E-state index < -0.39 is 11.5 Å². The molecule has 1 aliphatic rings. The van der Waals surface area contributed by atoms with Gasteiger partial charge >= 0.3 is 5.97 Å². The molecular weight excluding hydrogens is 226 g/mol. The van der Waals surface area contributed by atoms with E-state index in [1.807, 2.05) is 12.3 Å². The number of likely N-dealkylation sites (tertiary alicyclic amines) is 1. The summed E-state index contributed by atoms with van der Waals surface area (Å²) in [6.45, 7) is 3.13. The number of carbonyl (C=O) groups is 1. The van der Waals surface area contributed by atoms with Crippen LogP contribution in [0, 0.1) is 0 Å². The maximum atomic E-state index is 11.0. The third-order valence-corrected chi connectivity index (χ3v) is 3.79. The summed E-state index contributed by atoms with van der Waals surface area (Å²) in [5.74, 6) is -0.916. The van der Waals surface area contributed by atoms with Gasteiger partial charge in [0.15, 0.2) is 0 Å². The van der Waals surface area contributed by atoms with Gasteiger partial charge in [-0.1, -0.05) is 0 Å². The van der Waals surface area contributed by atoms with Crippen molar-refractivity contribution in [1.29, 1.82) is 0 Å². The van der Waals surface area contributed by atoms with Crippen molar-refractivity contribution in [3.05, 3.63) is 16.6 Å². The molecule has 1 aliphatic heterocycles. The fourth-order valence-electron chi connectivity index (χ4n) is 1.98. The van der Waals surface area contributed by atoms with E-state index in [1.165, 1.54) is 0 Å². The lowest BCUT2D eigenvalue weighted by Crippen LogP contribution is -2.50. The van der Waals surface area contributed by atoms with Crippen LogP contribution in [0.1, 0.15) is 25.1 Å². The molecule has 3 N–H and O–H groups in total. The fraction of sp³-hybridized carbons (Fsp3) is 0.600. The molecule has 0 amide bonds. The van der Waals surface area contributed by atoms with Crippen LogP contribution in [-0.2, 0) is 4.79 Å². The molecule has 16 heavy (non-hydrogen) atoms. The Balaban J connectivity index is 2.07. The fourth-order valence-corrected chi connectivity index (χ4v) is 2.62. The SMILES string of the molecule is CC(c1cscn1)N1CCC(N)(C(=O)O)C1. The Hall–Kier alpha value is -0.980. The van der Waals surface area contributed by atoms with E-state index in [0.717, 1.165) is 5.69 Å². The molecule has 0 aliphatic carbocycles. The molecule has 1 fully saturated rings. The van der Waals surface area contributed by atoms with Crippen LogP contribution in [0.25, 0.3) is 0 Å². The van der Waals surface area contributed by atoms with Crippen molar-refractivity contribution < 1.29 is 9.90 Å². The van der Waals surface area contributed by atoms with Crippen molar-refractivity contribution in [2.24, 2.45) is 5.73 Å². The van der Waals surface area contributed by atoms with Crippen LogP contribution in [0.5, 0.6) is 0 Å². The van der Waals surface area contributed by atoms with Crippen molar-refractivity contribution >= 4 is 17.3 Å². The molecule has 0 radical (unpaired) electrons. The van der Waals surface area contributed by atoms with E-state index in [0.29, 0.717) is 19.5 Å². The second-order valence-electron chi connectivity index (χ2n) is 4.27. The van der Waals surface area contributed by atoms with Crippen LogP contribution in [0.3, 0.4) is 0 Å². The van der Waals surface area contributed by atoms with Crippen LogP contribution < -0.4 is 5.73 Å². The van der Waals surface area contributed by atoms with Crippen molar-refractivity contribution in [1.82, 2.24) is 9.88 Å². The van der Waals surface area contributed by atoms with Gasteiger partial charge in [-0.15, -0.1) is 11.3 Å². The van der Waals surface area contributed by atoms with Gasteiger partial charge in [-0.05, 0) is 13.3 Å². The Kier molecular flexibility index (Phi) is 2.96. The van der Waals surface area contributed by atoms with Crippen LogP contribution >= 0.6 is 11.3 Å². The topological polar surface area (TPSA) is 79.5 Å².